The second-order valence-electron chi connectivity index (χ2n) is 9.59. The zero-order valence-electron chi connectivity index (χ0n) is 21.8. The molecule has 41 heavy (non-hydrogen) atoms. The van der Waals surface area contributed by atoms with Crippen LogP contribution < -0.4 is 4.90 Å². The van der Waals surface area contributed by atoms with Crippen molar-refractivity contribution < 1.29 is 0 Å². The summed E-state index contributed by atoms with van der Waals surface area (Å²) in [5.41, 5.74) is 8.26. The lowest BCUT2D eigenvalue weighted by Gasteiger charge is -2.23. The third-order valence-electron chi connectivity index (χ3n) is 7.22. The zero-order valence-corrected chi connectivity index (χ0v) is 23.4. The van der Waals surface area contributed by atoms with Gasteiger partial charge in [0.1, 0.15) is 22.7 Å². The molecule has 0 saturated carbocycles. The Labute approximate surface area is 246 Å². The molecule has 5 heteroatoms. The predicted molar refractivity (Wildman–Crippen MR) is 170 cm³/mol. The van der Waals surface area contributed by atoms with Crippen molar-refractivity contribution in [2.24, 2.45) is 0 Å². The summed E-state index contributed by atoms with van der Waals surface area (Å²) in [7, 11) is 0. The summed E-state index contributed by atoms with van der Waals surface area (Å²) < 4.78 is 0. The van der Waals surface area contributed by atoms with Gasteiger partial charge in [-0.25, -0.2) is 0 Å². The Bertz CT molecular complexity index is 1960. The Morgan fingerprint density at radius 3 is 1.76 bits per heavy atom. The van der Waals surface area contributed by atoms with Crippen LogP contribution in [0, 0.1) is 22.7 Å². The highest BCUT2D eigenvalue weighted by Gasteiger charge is 2.27. The number of thiophene rings is 2. The predicted octanol–water partition coefficient (Wildman–Crippen LogP) is 10.4. The number of benzene rings is 4. The first kappa shape index (κ1) is 24.8. The van der Waals surface area contributed by atoms with Gasteiger partial charge in [-0.15, -0.1) is 22.7 Å². The number of anilines is 3. The Hall–Kier alpha value is -5.20. The quantitative estimate of drug-likeness (QED) is 0.197. The monoisotopic (exact) mass is 559 g/mol. The van der Waals surface area contributed by atoms with Gasteiger partial charge in [0.2, 0.25) is 0 Å². The maximum absolute atomic E-state index is 9.62. The number of nitriles is 2. The molecule has 0 radical (unpaired) electrons. The first-order valence-electron chi connectivity index (χ1n) is 13.1. The van der Waals surface area contributed by atoms with Crippen molar-refractivity contribution >= 4 is 44.6 Å². The van der Waals surface area contributed by atoms with E-state index in [4.69, 9.17) is 0 Å². The lowest BCUT2D eigenvalue weighted by molar-refractivity contribution is 1.32. The summed E-state index contributed by atoms with van der Waals surface area (Å²) in [6.45, 7) is 0. The molecule has 0 fully saturated rings. The minimum absolute atomic E-state index is 0.149. The number of hydrogen-bond donors (Lipinski definition) is 0. The molecule has 3 nitrogen and oxygen atoms in total. The van der Waals surface area contributed by atoms with Gasteiger partial charge in [-0.3, -0.25) is 0 Å². The van der Waals surface area contributed by atoms with Crippen LogP contribution in [0.25, 0.3) is 36.9 Å². The molecular formula is C36H21N3S2. The average molecular weight is 560 g/mol. The molecule has 0 aliphatic heterocycles. The van der Waals surface area contributed by atoms with E-state index in [0.29, 0.717) is 0 Å². The van der Waals surface area contributed by atoms with Gasteiger partial charge in [0, 0.05) is 31.6 Å². The van der Waals surface area contributed by atoms with Crippen LogP contribution in [0.5, 0.6) is 0 Å². The van der Waals surface area contributed by atoms with E-state index in [1.54, 1.807) is 22.7 Å². The van der Waals surface area contributed by atoms with Crippen molar-refractivity contribution in [2.75, 3.05) is 4.90 Å². The van der Waals surface area contributed by atoms with Crippen LogP contribution in [0.15, 0.2) is 133 Å². The van der Waals surface area contributed by atoms with E-state index in [1.165, 1.54) is 14.6 Å². The van der Waals surface area contributed by atoms with E-state index < -0.39 is 0 Å². The van der Waals surface area contributed by atoms with Crippen LogP contribution in [0.4, 0.5) is 16.4 Å². The van der Waals surface area contributed by atoms with Gasteiger partial charge in [0.25, 0.3) is 0 Å². The van der Waals surface area contributed by atoms with E-state index in [0.717, 1.165) is 49.8 Å². The molecular weight excluding hydrogens is 539 g/mol. The second-order valence-corrected chi connectivity index (χ2v) is 11.7. The van der Waals surface area contributed by atoms with Gasteiger partial charge in [-0.1, -0.05) is 72.8 Å². The van der Waals surface area contributed by atoms with Gasteiger partial charge >= 0.3 is 0 Å². The highest BCUT2D eigenvalue weighted by atomic mass is 32.1. The summed E-state index contributed by atoms with van der Waals surface area (Å²) in [5.74, 6) is 0. The highest BCUT2D eigenvalue weighted by molar-refractivity contribution is 7.25. The first-order chi connectivity index (χ1) is 20.2. The van der Waals surface area contributed by atoms with Crippen molar-refractivity contribution in [1.29, 1.82) is 10.5 Å². The summed E-state index contributed by atoms with van der Waals surface area (Å²) >= 11 is 3.55. The maximum atomic E-state index is 9.62. The van der Waals surface area contributed by atoms with Gasteiger partial charge in [0.15, 0.2) is 0 Å². The maximum Gasteiger partial charge on any atom is 0.138 e. The number of para-hydroxylation sites is 2. The Morgan fingerprint density at radius 1 is 0.512 bits per heavy atom. The molecule has 0 unspecified atom stereocenters. The average Bonchev–Trinajstić information content (AvgIpc) is 3.78. The van der Waals surface area contributed by atoms with Crippen LogP contribution in [0.1, 0.15) is 11.1 Å². The second kappa shape index (κ2) is 10.4. The fourth-order valence-electron chi connectivity index (χ4n) is 5.39. The summed E-state index contributed by atoms with van der Waals surface area (Å²) in [5, 5.41) is 20.4. The smallest absolute Gasteiger partial charge is 0.138 e. The SMILES string of the molecule is N#CC(C#N)=C1c2ccccc2-c2cc(-c3ccc(-c4ccc(N(c5ccccc5)c5ccccc5)s4)s3)ccc21. The van der Waals surface area contributed by atoms with E-state index in [-0.39, 0.29) is 5.57 Å². The molecule has 1 aliphatic rings. The van der Waals surface area contributed by atoms with Crippen molar-refractivity contribution in [3.8, 4) is 43.5 Å². The van der Waals surface area contributed by atoms with Crippen molar-refractivity contribution in [3.05, 3.63) is 144 Å². The van der Waals surface area contributed by atoms with Gasteiger partial charge in [-0.2, -0.15) is 10.5 Å². The molecule has 2 heterocycles. The van der Waals surface area contributed by atoms with E-state index >= 15 is 0 Å². The summed E-state index contributed by atoms with van der Waals surface area (Å²) in [4.78, 5) is 5.91. The Morgan fingerprint density at radius 2 is 1.07 bits per heavy atom. The fraction of sp³-hybridized carbons (Fsp3) is 0. The number of hydrogen-bond acceptors (Lipinski definition) is 5. The van der Waals surface area contributed by atoms with Crippen LogP contribution in [0.2, 0.25) is 0 Å². The van der Waals surface area contributed by atoms with Gasteiger partial charge in [0.05, 0.1) is 0 Å². The molecule has 0 bridgehead atoms. The first-order valence-corrected chi connectivity index (χ1v) is 14.8. The molecule has 0 amide bonds. The van der Waals surface area contributed by atoms with E-state index in [1.807, 2.05) is 30.3 Å². The minimum Gasteiger partial charge on any atom is -0.302 e. The van der Waals surface area contributed by atoms with Crippen LogP contribution >= 0.6 is 22.7 Å². The normalized spacial score (nSPS) is 11.3. The molecule has 1 aliphatic carbocycles. The zero-order chi connectivity index (χ0) is 27.8. The molecule has 0 saturated heterocycles. The highest BCUT2D eigenvalue weighted by Crippen LogP contribution is 2.48. The Balaban J connectivity index is 1.25. The Kier molecular flexibility index (Phi) is 6.30. The van der Waals surface area contributed by atoms with E-state index in [2.05, 4.69) is 114 Å². The minimum atomic E-state index is 0.149. The van der Waals surface area contributed by atoms with Gasteiger partial charge < -0.3 is 4.90 Å². The molecule has 2 aromatic heterocycles. The largest absolute Gasteiger partial charge is 0.302 e. The standard InChI is InChI=1S/C36H21N3S2/c37-22-25(23-38)36-29-14-8-7-13-28(29)31-21-24(15-16-30(31)36)32-17-18-33(40-32)34-19-20-35(41-34)39(26-9-3-1-4-10-26)27-11-5-2-6-12-27/h1-21H. The molecule has 192 valence electrons. The molecule has 0 spiro atoms. The molecule has 6 aromatic rings. The van der Waals surface area contributed by atoms with Crippen molar-refractivity contribution in [1.82, 2.24) is 0 Å². The summed E-state index contributed by atoms with van der Waals surface area (Å²) in [6.07, 6.45) is 0. The molecule has 4 aromatic carbocycles. The molecule has 0 N–H and O–H groups in total. The van der Waals surface area contributed by atoms with Crippen LogP contribution in [-0.2, 0) is 0 Å². The van der Waals surface area contributed by atoms with Crippen molar-refractivity contribution in [3.63, 3.8) is 0 Å². The third-order valence-corrected chi connectivity index (χ3v) is 9.62. The molecule has 0 atom stereocenters. The number of rotatable bonds is 5. The summed E-state index contributed by atoms with van der Waals surface area (Å²) in [6, 6.07) is 48.2. The topological polar surface area (TPSA) is 50.8 Å². The number of allylic oxidation sites excluding steroid dienone is 1. The lowest BCUT2D eigenvalue weighted by atomic mass is 9.98. The third kappa shape index (κ3) is 4.35. The van der Waals surface area contributed by atoms with Crippen LogP contribution in [0.3, 0.4) is 0 Å². The van der Waals surface area contributed by atoms with Crippen LogP contribution in [-0.4, -0.2) is 0 Å². The fourth-order valence-corrected chi connectivity index (χ4v) is 7.53. The number of nitrogens with zero attached hydrogens (tertiary/aromatic N) is 3. The lowest BCUT2D eigenvalue weighted by Crippen LogP contribution is -2.07. The van der Waals surface area contributed by atoms with Gasteiger partial charge in [-0.05, 0) is 82.4 Å². The van der Waals surface area contributed by atoms with E-state index in [9.17, 15) is 10.5 Å². The number of fused-ring (bicyclic) bond motifs is 3. The molecule has 7 rings (SSSR count). The van der Waals surface area contributed by atoms with Crippen molar-refractivity contribution in [2.45, 2.75) is 0 Å².